The maximum Gasteiger partial charge on any atom is 0.263 e. The predicted molar refractivity (Wildman–Crippen MR) is 106 cm³/mol. The highest BCUT2D eigenvalue weighted by atomic mass is 19.3. The summed E-state index contributed by atoms with van der Waals surface area (Å²) in [6, 6.07) is 6.23. The van der Waals surface area contributed by atoms with Crippen molar-refractivity contribution in [3.05, 3.63) is 53.0 Å². The Labute approximate surface area is 158 Å². The van der Waals surface area contributed by atoms with Gasteiger partial charge >= 0.3 is 0 Å². The SMILES string of the molecule is C/C=C(/N=C(C)\C(C=N)=C(/C)Nc1cccc(C(F)F)c1)NC1CC(O)C1. The number of nitrogens with one attached hydrogen (secondary N) is 3. The van der Waals surface area contributed by atoms with Crippen LogP contribution in [0.15, 0.2) is 52.4 Å². The van der Waals surface area contributed by atoms with Gasteiger partial charge in [-0.1, -0.05) is 12.1 Å². The summed E-state index contributed by atoms with van der Waals surface area (Å²) in [6.07, 6.45) is 1.64. The third-order valence-electron chi connectivity index (χ3n) is 4.44. The molecule has 146 valence electrons. The maximum absolute atomic E-state index is 12.9. The molecule has 1 fully saturated rings. The number of aliphatic hydroxyl groups is 1. The van der Waals surface area contributed by atoms with Gasteiger partial charge in [-0.25, -0.2) is 13.8 Å². The zero-order chi connectivity index (χ0) is 20.0. The summed E-state index contributed by atoms with van der Waals surface area (Å²) in [5.41, 5.74) is 2.32. The van der Waals surface area contributed by atoms with Crippen molar-refractivity contribution in [2.24, 2.45) is 4.99 Å². The van der Waals surface area contributed by atoms with Gasteiger partial charge < -0.3 is 21.1 Å². The average molecular weight is 376 g/mol. The van der Waals surface area contributed by atoms with Crippen LogP contribution in [0, 0.1) is 5.41 Å². The number of hydrogen-bond acceptors (Lipinski definition) is 5. The molecule has 1 aromatic carbocycles. The molecule has 0 radical (unpaired) electrons. The van der Waals surface area contributed by atoms with E-state index < -0.39 is 6.43 Å². The monoisotopic (exact) mass is 376 g/mol. The van der Waals surface area contributed by atoms with E-state index in [2.05, 4.69) is 15.6 Å². The van der Waals surface area contributed by atoms with E-state index in [9.17, 15) is 13.9 Å². The Balaban J connectivity index is 2.16. The molecular weight excluding hydrogens is 350 g/mol. The molecule has 0 amide bonds. The number of alkyl halides is 2. The van der Waals surface area contributed by atoms with Gasteiger partial charge in [-0.05, 0) is 51.8 Å². The second-order valence-corrected chi connectivity index (χ2v) is 6.57. The molecule has 1 saturated carbocycles. The number of allylic oxidation sites excluding steroid dienone is 3. The summed E-state index contributed by atoms with van der Waals surface area (Å²) in [5, 5.41) is 23.4. The number of hydrogen-bond donors (Lipinski definition) is 4. The molecule has 0 saturated heterocycles. The molecule has 0 atom stereocenters. The van der Waals surface area contributed by atoms with Gasteiger partial charge in [0.05, 0.1) is 11.8 Å². The summed E-state index contributed by atoms with van der Waals surface area (Å²) in [4.78, 5) is 4.54. The number of aliphatic hydroxyl groups excluding tert-OH is 1. The average Bonchev–Trinajstić information content (AvgIpc) is 2.60. The predicted octanol–water partition coefficient (Wildman–Crippen LogP) is 4.39. The lowest BCUT2D eigenvalue weighted by Gasteiger charge is -2.32. The minimum atomic E-state index is -2.53. The maximum atomic E-state index is 12.9. The van der Waals surface area contributed by atoms with Crippen LogP contribution in [0.4, 0.5) is 14.5 Å². The van der Waals surface area contributed by atoms with Gasteiger partial charge in [0.15, 0.2) is 0 Å². The summed E-state index contributed by atoms with van der Waals surface area (Å²) < 4.78 is 25.7. The lowest BCUT2D eigenvalue weighted by Crippen LogP contribution is -2.43. The quantitative estimate of drug-likeness (QED) is 0.508. The first-order chi connectivity index (χ1) is 12.8. The highest BCUT2D eigenvalue weighted by Crippen LogP contribution is 2.23. The molecule has 0 heterocycles. The molecule has 0 aromatic heterocycles. The summed E-state index contributed by atoms with van der Waals surface area (Å²) in [6.45, 7) is 5.43. The third kappa shape index (κ3) is 5.72. The standard InChI is InChI=1S/C20H26F2N4O/c1-4-19(26-16-9-17(27)10-16)25-13(3)18(11-23)12(2)24-15-7-5-6-14(8-15)20(21)22/h4-8,11,16-17,20,23-24,26-27H,9-10H2,1-3H3/b18-12+,19-4-,23-11?,25-13-. The van der Waals surface area contributed by atoms with Crippen molar-refractivity contribution in [1.82, 2.24) is 5.32 Å². The van der Waals surface area contributed by atoms with Crippen LogP contribution in [0.25, 0.3) is 0 Å². The molecule has 1 aromatic rings. The lowest BCUT2D eigenvalue weighted by molar-refractivity contribution is 0.0663. The van der Waals surface area contributed by atoms with Crippen LogP contribution in [0.5, 0.6) is 0 Å². The first-order valence-corrected chi connectivity index (χ1v) is 8.87. The summed E-state index contributed by atoms with van der Waals surface area (Å²) >= 11 is 0. The Hall–Kier alpha value is -2.54. The minimum absolute atomic E-state index is 0.0577. The van der Waals surface area contributed by atoms with E-state index in [4.69, 9.17) is 5.41 Å². The largest absolute Gasteiger partial charge is 0.393 e. The normalized spacial score (nSPS) is 21.4. The van der Waals surface area contributed by atoms with Crippen LogP contribution in [0.3, 0.4) is 0 Å². The highest BCUT2D eigenvalue weighted by Gasteiger charge is 2.27. The van der Waals surface area contributed by atoms with Gasteiger partial charge in [0.1, 0.15) is 5.82 Å². The summed E-state index contributed by atoms with van der Waals surface area (Å²) in [7, 11) is 0. The van der Waals surface area contributed by atoms with E-state index in [1.165, 1.54) is 18.3 Å². The second kappa shape index (κ2) is 9.41. The van der Waals surface area contributed by atoms with Gasteiger partial charge in [-0.15, -0.1) is 0 Å². The molecule has 0 spiro atoms. The van der Waals surface area contributed by atoms with Crippen LogP contribution in [0.1, 0.15) is 45.6 Å². The molecule has 1 aliphatic rings. The number of rotatable bonds is 8. The van der Waals surface area contributed by atoms with Crippen LogP contribution >= 0.6 is 0 Å². The van der Waals surface area contributed by atoms with Gasteiger partial charge in [0.25, 0.3) is 6.43 Å². The Bertz CT molecular complexity index is 765. The van der Waals surface area contributed by atoms with Crippen molar-refractivity contribution in [2.45, 2.75) is 52.2 Å². The molecule has 2 rings (SSSR count). The van der Waals surface area contributed by atoms with Gasteiger partial charge in [0.2, 0.25) is 0 Å². The molecule has 1 aliphatic carbocycles. The van der Waals surface area contributed by atoms with E-state index in [0.717, 1.165) is 0 Å². The molecule has 5 nitrogen and oxygen atoms in total. The van der Waals surface area contributed by atoms with E-state index >= 15 is 0 Å². The Morgan fingerprint density at radius 2 is 2.04 bits per heavy atom. The zero-order valence-corrected chi connectivity index (χ0v) is 15.8. The molecule has 0 aliphatic heterocycles. The van der Waals surface area contributed by atoms with Crippen molar-refractivity contribution in [2.75, 3.05) is 5.32 Å². The van der Waals surface area contributed by atoms with Crippen molar-refractivity contribution >= 4 is 17.6 Å². The van der Waals surface area contributed by atoms with E-state index in [1.54, 1.807) is 26.0 Å². The Morgan fingerprint density at radius 1 is 1.33 bits per heavy atom. The lowest BCUT2D eigenvalue weighted by atomic mass is 9.89. The molecule has 4 N–H and O–H groups in total. The van der Waals surface area contributed by atoms with E-state index in [0.29, 0.717) is 41.3 Å². The fourth-order valence-electron chi connectivity index (χ4n) is 2.86. The number of nitrogens with zero attached hydrogens (tertiary/aromatic N) is 1. The molecule has 27 heavy (non-hydrogen) atoms. The topological polar surface area (TPSA) is 80.5 Å². The third-order valence-corrected chi connectivity index (χ3v) is 4.44. The van der Waals surface area contributed by atoms with Gasteiger partial charge in [-0.2, -0.15) is 0 Å². The molecule has 7 heteroatoms. The summed E-state index contributed by atoms with van der Waals surface area (Å²) in [5.74, 6) is 0.677. The van der Waals surface area contributed by atoms with Crippen LogP contribution in [-0.4, -0.2) is 29.2 Å². The first-order valence-electron chi connectivity index (χ1n) is 8.87. The number of halogens is 2. The smallest absolute Gasteiger partial charge is 0.263 e. The van der Waals surface area contributed by atoms with Crippen molar-refractivity contribution in [1.29, 1.82) is 5.41 Å². The fraction of sp³-hybridized carbons (Fsp3) is 0.400. The number of aliphatic imine (C=N–C) groups is 1. The van der Waals surface area contributed by atoms with E-state index in [-0.39, 0.29) is 17.7 Å². The van der Waals surface area contributed by atoms with Crippen molar-refractivity contribution < 1.29 is 13.9 Å². The van der Waals surface area contributed by atoms with Crippen LogP contribution in [-0.2, 0) is 0 Å². The van der Waals surface area contributed by atoms with Gasteiger partial charge in [0, 0.05) is 34.8 Å². The Kier molecular flexibility index (Phi) is 7.24. The first kappa shape index (κ1) is 20.8. The fourth-order valence-corrected chi connectivity index (χ4v) is 2.86. The minimum Gasteiger partial charge on any atom is -0.393 e. The van der Waals surface area contributed by atoms with Gasteiger partial charge in [-0.3, -0.25) is 0 Å². The molecule has 0 unspecified atom stereocenters. The molecule has 0 bridgehead atoms. The van der Waals surface area contributed by atoms with Crippen molar-refractivity contribution in [3.63, 3.8) is 0 Å². The number of benzene rings is 1. The zero-order valence-electron chi connectivity index (χ0n) is 15.8. The Morgan fingerprint density at radius 3 is 2.59 bits per heavy atom. The number of anilines is 1. The second-order valence-electron chi connectivity index (χ2n) is 6.57. The van der Waals surface area contributed by atoms with Crippen LogP contribution < -0.4 is 10.6 Å². The van der Waals surface area contributed by atoms with Crippen molar-refractivity contribution in [3.8, 4) is 0 Å². The highest BCUT2D eigenvalue weighted by molar-refractivity contribution is 6.15. The molecular formula is C20H26F2N4O. The van der Waals surface area contributed by atoms with Crippen LogP contribution in [0.2, 0.25) is 0 Å². The van der Waals surface area contributed by atoms with E-state index in [1.807, 2.05) is 13.0 Å².